The fourth-order valence-electron chi connectivity index (χ4n) is 3.53. The Bertz CT molecular complexity index is 1100. The number of esters is 2. The molecule has 1 aliphatic heterocycles. The van der Waals surface area contributed by atoms with Gasteiger partial charge in [0.05, 0.1) is 17.7 Å². The molecule has 0 atom stereocenters. The molecule has 2 aromatic rings. The first-order chi connectivity index (χ1) is 15.7. The Balaban J connectivity index is 1.64. The minimum Gasteiger partial charge on any atom is -0.462 e. The van der Waals surface area contributed by atoms with Crippen LogP contribution in [-0.2, 0) is 19.1 Å². The lowest BCUT2D eigenvalue weighted by Gasteiger charge is -2.15. The summed E-state index contributed by atoms with van der Waals surface area (Å²) in [5.41, 5.74) is 0.719. The van der Waals surface area contributed by atoms with Crippen LogP contribution in [0, 0.1) is 6.92 Å². The Labute approximate surface area is 189 Å². The van der Waals surface area contributed by atoms with Gasteiger partial charge in [0.25, 0.3) is 5.91 Å². The van der Waals surface area contributed by atoms with Gasteiger partial charge in [-0.05, 0) is 51.5 Å². The van der Waals surface area contributed by atoms with Crippen LogP contribution in [0.15, 0.2) is 28.7 Å². The number of anilines is 2. The van der Waals surface area contributed by atoms with Crippen molar-refractivity contribution in [1.29, 1.82) is 0 Å². The zero-order valence-corrected chi connectivity index (χ0v) is 18.6. The topological polar surface area (TPSA) is 132 Å². The van der Waals surface area contributed by atoms with Gasteiger partial charge in [-0.2, -0.15) is 0 Å². The van der Waals surface area contributed by atoms with E-state index in [4.69, 9.17) is 13.9 Å². The molecule has 1 fully saturated rings. The first-order valence-corrected chi connectivity index (χ1v) is 10.4. The third-order valence-electron chi connectivity index (χ3n) is 4.99. The highest BCUT2D eigenvalue weighted by Gasteiger charge is 2.29. The monoisotopic (exact) mass is 456 g/mol. The maximum absolute atomic E-state index is 12.3. The number of nitrogens with one attached hydrogen (secondary N) is 1. The molecule has 10 heteroatoms. The molecule has 0 unspecified atom stereocenters. The zero-order valence-electron chi connectivity index (χ0n) is 18.6. The Kier molecular flexibility index (Phi) is 7.27. The van der Waals surface area contributed by atoms with Crippen molar-refractivity contribution in [2.75, 3.05) is 30.0 Å². The SMILES string of the molecule is CCOC(=O)c1c(NC(=O)COC(=O)c2ccc(N3CCCC3=O)cc2)oc(C)c1C(C)=O. The summed E-state index contributed by atoms with van der Waals surface area (Å²) in [4.78, 5) is 62.3. The van der Waals surface area contributed by atoms with E-state index in [1.54, 1.807) is 24.0 Å². The van der Waals surface area contributed by atoms with Crippen LogP contribution in [0.2, 0.25) is 0 Å². The van der Waals surface area contributed by atoms with Gasteiger partial charge in [0.15, 0.2) is 12.4 Å². The third kappa shape index (κ3) is 5.28. The van der Waals surface area contributed by atoms with Crippen LogP contribution in [-0.4, -0.2) is 49.3 Å². The Morgan fingerprint density at radius 3 is 2.33 bits per heavy atom. The van der Waals surface area contributed by atoms with Crippen LogP contribution in [0.3, 0.4) is 0 Å². The van der Waals surface area contributed by atoms with E-state index >= 15 is 0 Å². The number of nitrogens with zero attached hydrogens (tertiary/aromatic N) is 1. The summed E-state index contributed by atoms with van der Waals surface area (Å²) < 4.78 is 15.4. The van der Waals surface area contributed by atoms with E-state index in [1.165, 1.54) is 26.0 Å². The van der Waals surface area contributed by atoms with E-state index in [0.717, 1.165) is 6.42 Å². The lowest BCUT2D eigenvalue weighted by molar-refractivity contribution is -0.119. The van der Waals surface area contributed by atoms with E-state index in [1.807, 2.05) is 0 Å². The second kappa shape index (κ2) is 10.1. The number of aryl methyl sites for hydroxylation is 1. The molecule has 2 heterocycles. The van der Waals surface area contributed by atoms with E-state index in [9.17, 15) is 24.0 Å². The molecule has 0 aliphatic carbocycles. The molecular weight excluding hydrogens is 432 g/mol. The first-order valence-electron chi connectivity index (χ1n) is 10.4. The Morgan fingerprint density at radius 2 is 1.76 bits per heavy atom. The van der Waals surface area contributed by atoms with E-state index in [-0.39, 0.29) is 40.8 Å². The molecule has 1 saturated heterocycles. The van der Waals surface area contributed by atoms with Crippen LogP contribution in [0.25, 0.3) is 0 Å². The van der Waals surface area contributed by atoms with Gasteiger partial charge in [-0.3, -0.25) is 19.7 Å². The number of benzene rings is 1. The highest BCUT2D eigenvalue weighted by Crippen LogP contribution is 2.28. The predicted octanol–water partition coefficient (Wildman–Crippen LogP) is 2.89. The van der Waals surface area contributed by atoms with Gasteiger partial charge in [0.2, 0.25) is 11.8 Å². The largest absolute Gasteiger partial charge is 0.462 e. The summed E-state index contributed by atoms with van der Waals surface area (Å²) in [6.07, 6.45) is 1.29. The van der Waals surface area contributed by atoms with Crippen molar-refractivity contribution in [2.24, 2.45) is 0 Å². The average Bonchev–Trinajstić information content (AvgIpc) is 3.34. The molecule has 10 nitrogen and oxygen atoms in total. The number of carbonyl (C=O) groups is 5. The molecule has 1 aromatic carbocycles. The van der Waals surface area contributed by atoms with E-state index in [0.29, 0.717) is 18.7 Å². The van der Waals surface area contributed by atoms with Gasteiger partial charge in [0.1, 0.15) is 11.3 Å². The normalized spacial score (nSPS) is 13.1. The number of ketones is 1. The number of Topliss-reactive ketones (excluding diaryl/α,β-unsaturated/α-hetero) is 1. The molecule has 3 rings (SSSR count). The van der Waals surface area contributed by atoms with Crippen LogP contribution >= 0.6 is 0 Å². The lowest BCUT2D eigenvalue weighted by atomic mass is 10.1. The van der Waals surface area contributed by atoms with Crippen LogP contribution in [0.1, 0.15) is 63.5 Å². The predicted molar refractivity (Wildman–Crippen MR) is 116 cm³/mol. The number of ether oxygens (including phenoxy) is 2. The summed E-state index contributed by atoms with van der Waals surface area (Å²) in [6.45, 7) is 4.39. The van der Waals surface area contributed by atoms with Crippen LogP contribution < -0.4 is 10.2 Å². The summed E-state index contributed by atoms with van der Waals surface area (Å²) in [5, 5.41) is 2.34. The van der Waals surface area contributed by atoms with Gasteiger partial charge in [-0.1, -0.05) is 0 Å². The van der Waals surface area contributed by atoms with E-state index < -0.39 is 30.2 Å². The molecule has 1 aliphatic rings. The minimum atomic E-state index is -0.816. The van der Waals surface area contributed by atoms with Crippen molar-refractivity contribution in [3.8, 4) is 0 Å². The molecular formula is C23H24N2O8. The maximum atomic E-state index is 12.3. The third-order valence-corrected chi connectivity index (χ3v) is 4.99. The zero-order chi connectivity index (χ0) is 24.1. The van der Waals surface area contributed by atoms with Crippen molar-refractivity contribution in [2.45, 2.75) is 33.6 Å². The number of rotatable bonds is 8. The molecule has 0 radical (unpaired) electrons. The Morgan fingerprint density at radius 1 is 1.06 bits per heavy atom. The molecule has 0 saturated carbocycles. The number of furan rings is 1. The van der Waals surface area contributed by atoms with Gasteiger partial charge in [0, 0.05) is 18.7 Å². The number of carbonyl (C=O) groups excluding carboxylic acids is 5. The van der Waals surface area contributed by atoms with Crippen molar-refractivity contribution < 1.29 is 37.9 Å². The maximum Gasteiger partial charge on any atom is 0.344 e. The average molecular weight is 456 g/mol. The Hall–Kier alpha value is -3.95. The highest BCUT2D eigenvalue weighted by atomic mass is 16.5. The molecule has 1 N–H and O–H groups in total. The van der Waals surface area contributed by atoms with Gasteiger partial charge in [-0.15, -0.1) is 0 Å². The smallest absolute Gasteiger partial charge is 0.344 e. The minimum absolute atomic E-state index is 0.0114. The quantitative estimate of drug-likeness (QED) is 0.474. The second-order valence-corrected chi connectivity index (χ2v) is 7.33. The molecule has 33 heavy (non-hydrogen) atoms. The summed E-state index contributed by atoms with van der Waals surface area (Å²) in [5.74, 6) is -2.82. The number of hydrogen-bond donors (Lipinski definition) is 1. The molecule has 1 aromatic heterocycles. The molecule has 0 bridgehead atoms. The fraction of sp³-hybridized carbons (Fsp3) is 0.348. The number of hydrogen-bond acceptors (Lipinski definition) is 8. The van der Waals surface area contributed by atoms with Crippen LogP contribution in [0.4, 0.5) is 11.6 Å². The summed E-state index contributed by atoms with van der Waals surface area (Å²) >= 11 is 0. The van der Waals surface area contributed by atoms with Crippen molar-refractivity contribution >= 4 is 41.1 Å². The van der Waals surface area contributed by atoms with E-state index in [2.05, 4.69) is 5.32 Å². The summed E-state index contributed by atoms with van der Waals surface area (Å²) in [7, 11) is 0. The van der Waals surface area contributed by atoms with Gasteiger partial charge >= 0.3 is 11.9 Å². The van der Waals surface area contributed by atoms with Crippen LogP contribution in [0.5, 0.6) is 0 Å². The molecule has 174 valence electrons. The standard InChI is InChI=1S/C23H24N2O8/c1-4-31-23(30)20-19(13(2)26)14(3)33-21(20)24-17(27)12-32-22(29)15-7-9-16(10-8-15)25-11-5-6-18(25)28/h7-10H,4-6,11-12H2,1-3H3,(H,24,27). The van der Waals surface area contributed by atoms with Crippen molar-refractivity contribution in [1.82, 2.24) is 0 Å². The highest BCUT2D eigenvalue weighted by molar-refractivity contribution is 6.11. The second-order valence-electron chi connectivity index (χ2n) is 7.33. The molecule has 2 amide bonds. The van der Waals surface area contributed by atoms with Crippen molar-refractivity contribution in [3.05, 3.63) is 46.7 Å². The van der Waals surface area contributed by atoms with Crippen molar-refractivity contribution in [3.63, 3.8) is 0 Å². The number of amides is 2. The first kappa shape index (κ1) is 23.7. The fourth-order valence-corrected chi connectivity index (χ4v) is 3.53. The summed E-state index contributed by atoms with van der Waals surface area (Å²) in [6, 6.07) is 6.30. The lowest BCUT2D eigenvalue weighted by Crippen LogP contribution is -2.24. The molecule has 0 spiro atoms. The van der Waals surface area contributed by atoms with Gasteiger partial charge in [-0.25, -0.2) is 9.59 Å². The van der Waals surface area contributed by atoms with Gasteiger partial charge < -0.3 is 18.8 Å².